The zero-order valence-corrected chi connectivity index (χ0v) is 16.7. The van der Waals surface area contributed by atoms with Gasteiger partial charge in [0.25, 0.3) is 0 Å². The summed E-state index contributed by atoms with van der Waals surface area (Å²) in [6.45, 7) is 1.60. The van der Waals surface area contributed by atoms with E-state index in [0.29, 0.717) is 17.0 Å². The molecule has 30 heavy (non-hydrogen) atoms. The number of pyridine rings is 1. The van der Waals surface area contributed by atoms with Crippen molar-refractivity contribution >= 4 is 22.8 Å². The van der Waals surface area contributed by atoms with E-state index in [1.54, 1.807) is 7.11 Å². The fourth-order valence-electron chi connectivity index (χ4n) is 3.80. The predicted octanol–water partition coefficient (Wildman–Crippen LogP) is 3.36. The van der Waals surface area contributed by atoms with Crippen molar-refractivity contribution < 1.29 is 24.2 Å². The average Bonchev–Trinajstić information content (AvgIpc) is 3.18. The molecule has 1 aliphatic rings. The maximum Gasteiger partial charge on any atom is 0.326 e. The first-order chi connectivity index (χ1) is 14.5. The zero-order valence-electron chi connectivity index (χ0n) is 16.7. The van der Waals surface area contributed by atoms with Crippen molar-refractivity contribution in [2.75, 3.05) is 13.7 Å². The smallest absolute Gasteiger partial charge is 0.326 e. The number of carbonyl (C=O) groups excluding carboxylic acids is 1. The molecule has 4 rings (SSSR count). The van der Waals surface area contributed by atoms with Gasteiger partial charge in [0.2, 0.25) is 5.91 Å². The summed E-state index contributed by atoms with van der Waals surface area (Å²) in [5, 5.41) is 10.3. The van der Waals surface area contributed by atoms with Crippen molar-refractivity contribution in [3.05, 3.63) is 54.6 Å². The molecule has 3 aromatic rings. The highest BCUT2D eigenvalue weighted by atomic mass is 16.5. The number of ether oxygens (including phenoxy) is 2. The summed E-state index contributed by atoms with van der Waals surface area (Å²) in [5.74, 6) is -0.0184. The highest BCUT2D eigenvalue weighted by Crippen LogP contribution is 2.34. The van der Waals surface area contributed by atoms with Crippen LogP contribution in [0.4, 0.5) is 0 Å². The molecule has 0 radical (unpaired) electrons. The van der Waals surface area contributed by atoms with Crippen molar-refractivity contribution in [3.63, 3.8) is 0 Å². The van der Waals surface area contributed by atoms with E-state index in [-0.39, 0.29) is 18.9 Å². The number of aromatic nitrogens is 1. The van der Waals surface area contributed by atoms with E-state index in [1.807, 2.05) is 54.6 Å². The van der Waals surface area contributed by atoms with Crippen LogP contribution in [0.25, 0.3) is 22.2 Å². The summed E-state index contributed by atoms with van der Waals surface area (Å²) in [6, 6.07) is 16.3. The van der Waals surface area contributed by atoms with Crippen LogP contribution in [0.2, 0.25) is 0 Å². The van der Waals surface area contributed by atoms with Gasteiger partial charge in [0.05, 0.1) is 24.9 Å². The summed E-state index contributed by atoms with van der Waals surface area (Å²) in [6.07, 6.45) is -0.193. The maximum atomic E-state index is 11.9. The largest absolute Gasteiger partial charge is 0.497 e. The van der Waals surface area contributed by atoms with Crippen molar-refractivity contribution in [1.29, 1.82) is 0 Å². The number of hydrogen-bond donors (Lipinski definition) is 1. The Kier molecular flexibility index (Phi) is 5.27. The molecular formula is C23H22N2O5. The molecule has 0 bridgehead atoms. The molecule has 1 N–H and O–H groups in total. The SMILES string of the molecule is COc1ccc2c(OC3CC(C(=O)O)N(C(C)=O)C3)cc(-c3ccccc3)nc2c1. The topological polar surface area (TPSA) is 89.0 Å². The Balaban J connectivity index is 1.74. The van der Waals surface area contributed by atoms with Crippen LogP contribution in [-0.2, 0) is 9.59 Å². The third-order valence-electron chi connectivity index (χ3n) is 5.29. The lowest BCUT2D eigenvalue weighted by molar-refractivity contribution is -0.147. The van der Waals surface area contributed by atoms with Crippen LogP contribution in [0.15, 0.2) is 54.6 Å². The Morgan fingerprint density at radius 1 is 1.13 bits per heavy atom. The van der Waals surface area contributed by atoms with Crippen LogP contribution in [0.1, 0.15) is 13.3 Å². The molecule has 0 saturated carbocycles. The number of nitrogens with zero attached hydrogens (tertiary/aromatic N) is 2. The third kappa shape index (κ3) is 3.78. The number of methoxy groups -OCH3 is 1. The van der Waals surface area contributed by atoms with Gasteiger partial charge in [-0.05, 0) is 12.1 Å². The molecule has 0 spiro atoms. The van der Waals surface area contributed by atoms with E-state index >= 15 is 0 Å². The minimum absolute atomic E-state index is 0.229. The fraction of sp³-hybridized carbons (Fsp3) is 0.261. The lowest BCUT2D eigenvalue weighted by Gasteiger charge is -2.19. The number of rotatable bonds is 5. The summed E-state index contributed by atoms with van der Waals surface area (Å²) in [4.78, 5) is 29.5. The number of carbonyl (C=O) groups is 2. The van der Waals surface area contributed by atoms with E-state index < -0.39 is 18.1 Å². The van der Waals surface area contributed by atoms with Crippen LogP contribution in [-0.4, -0.2) is 52.7 Å². The third-order valence-corrected chi connectivity index (χ3v) is 5.29. The van der Waals surface area contributed by atoms with Gasteiger partial charge < -0.3 is 19.5 Å². The minimum Gasteiger partial charge on any atom is -0.497 e. The summed E-state index contributed by atoms with van der Waals surface area (Å²) >= 11 is 0. The van der Waals surface area contributed by atoms with Crippen LogP contribution >= 0.6 is 0 Å². The van der Waals surface area contributed by atoms with Gasteiger partial charge >= 0.3 is 5.97 Å². The number of amides is 1. The van der Waals surface area contributed by atoms with E-state index in [0.717, 1.165) is 16.6 Å². The molecule has 2 heterocycles. The lowest BCUT2D eigenvalue weighted by Crippen LogP contribution is -2.39. The van der Waals surface area contributed by atoms with Crippen molar-refractivity contribution in [2.24, 2.45) is 0 Å². The number of hydrogen-bond acceptors (Lipinski definition) is 5. The molecule has 7 nitrogen and oxygen atoms in total. The highest BCUT2D eigenvalue weighted by molar-refractivity contribution is 5.89. The molecule has 1 aromatic heterocycles. The maximum absolute atomic E-state index is 11.9. The number of fused-ring (bicyclic) bond motifs is 1. The van der Waals surface area contributed by atoms with Crippen LogP contribution < -0.4 is 9.47 Å². The number of carboxylic acid groups (broad SMARTS) is 1. The monoisotopic (exact) mass is 406 g/mol. The van der Waals surface area contributed by atoms with Crippen LogP contribution in [0, 0.1) is 0 Å². The summed E-state index contributed by atoms with van der Waals surface area (Å²) in [7, 11) is 1.60. The van der Waals surface area contributed by atoms with Gasteiger partial charge in [0.15, 0.2) is 0 Å². The highest BCUT2D eigenvalue weighted by Gasteiger charge is 2.39. The Hall–Kier alpha value is -3.61. The molecule has 0 aliphatic carbocycles. The first-order valence-electron chi connectivity index (χ1n) is 9.67. The summed E-state index contributed by atoms with van der Waals surface area (Å²) < 4.78 is 11.6. The molecule has 2 aromatic carbocycles. The number of likely N-dealkylation sites (tertiary alicyclic amines) is 1. The standard InChI is InChI=1S/C23H22N2O5/c1-14(26)25-13-17(11-21(25)23(27)28)30-22-12-19(15-6-4-3-5-7-15)24-20-10-16(29-2)8-9-18(20)22/h3-10,12,17,21H,11,13H2,1-2H3,(H,27,28). The van der Waals surface area contributed by atoms with Crippen molar-refractivity contribution in [3.8, 4) is 22.8 Å². The Morgan fingerprint density at radius 3 is 2.53 bits per heavy atom. The second-order valence-corrected chi connectivity index (χ2v) is 7.26. The first kappa shape index (κ1) is 19.7. The minimum atomic E-state index is -1.02. The van der Waals surface area contributed by atoms with Gasteiger partial charge in [-0.1, -0.05) is 30.3 Å². The van der Waals surface area contributed by atoms with Gasteiger partial charge in [-0.3, -0.25) is 4.79 Å². The van der Waals surface area contributed by atoms with Gasteiger partial charge in [-0.2, -0.15) is 0 Å². The van der Waals surface area contributed by atoms with Gasteiger partial charge in [0, 0.05) is 36.4 Å². The average molecular weight is 406 g/mol. The lowest BCUT2D eigenvalue weighted by atomic mass is 10.1. The van der Waals surface area contributed by atoms with Crippen LogP contribution in [0.5, 0.6) is 11.5 Å². The number of benzene rings is 2. The van der Waals surface area contributed by atoms with Crippen molar-refractivity contribution in [2.45, 2.75) is 25.5 Å². The molecule has 154 valence electrons. The van der Waals surface area contributed by atoms with Crippen molar-refractivity contribution in [1.82, 2.24) is 9.88 Å². The summed E-state index contributed by atoms with van der Waals surface area (Å²) in [5.41, 5.74) is 2.39. The zero-order chi connectivity index (χ0) is 21.3. The van der Waals surface area contributed by atoms with E-state index in [2.05, 4.69) is 0 Å². The molecule has 2 atom stereocenters. The van der Waals surface area contributed by atoms with E-state index in [9.17, 15) is 14.7 Å². The van der Waals surface area contributed by atoms with Crippen LogP contribution in [0.3, 0.4) is 0 Å². The van der Waals surface area contributed by atoms with Gasteiger partial charge in [-0.15, -0.1) is 0 Å². The molecule has 1 fully saturated rings. The molecular weight excluding hydrogens is 384 g/mol. The fourth-order valence-corrected chi connectivity index (χ4v) is 3.80. The Labute approximate surface area is 173 Å². The Bertz CT molecular complexity index is 1080. The number of carboxylic acids is 1. The molecule has 7 heteroatoms. The second-order valence-electron chi connectivity index (χ2n) is 7.26. The van der Waals surface area contributed by atoms with E-state index in [4.69, 9.17) is 14.5 Å². The normalized spacial score (nSPS) is 18.4. The predicted molar refractivity (Wildman–Crippen MR) is 112 cm³/mol. The first-order valence-corrected chi connectivity index (χ1v) is 9.67. The van der Waals surface area contributed by atoms with E-state index in [1.165, 1.54) is 11.8 Å². The molecule has 1 amide bonds. The Morgan fingerprint density at radius 2 is 1.90 bits per heavy atom. The quantitative estimate of drug-likeness (QED) is 0.699. The van der Waals surface area contributed by atoms with Gasteiger partial charge in [0.1, 0.15) is 23.6 Å². The molecule has 1 saturated heterocycles. The second kappa shape index (κ2) is 8.02. The molecule has 1 aliphatic heterocycles. The molecule has 2 unspecified atom stereocenters. The number of aliphatic carboxylic acids is 1. The van der Waals surface area contributed by atoms with Gasteiger partial charge in [-0.25, -0.2) is 9.78 Å².